The van der Waals surface area contributed by atoms with Gasteiger partial charge in [0.05, 0.1) is 0 Å². The summed E-state index contributed by atoms with van der Waals surface area (Å²) < 4.78 is 0. The van der Waals surface area contributed by atoms with E-state index in [0.29, 0.717) is 5.95 Å². The average molecular weight is 292 g/mol. The Kier molecular flexibility index (Phi) is 5.92. The van der Waals surface area contributed by atoms with Crippen molar-refractivity contribution in [3.05, 3.63) is 18.5 Å². The molecule has 1 aliphatic rings. The van der Waals surface area contributed by atoms with Crippen molar-refractivity contribution < 1.29 is 9.90 Å². The number of aromatic nitrogens is 2. The lowest BCUT2D eigenvalue weighted by molar-refractivity contribution is -0.131. The summed E-state index contributed by atoms with van der Waals surface area (Å²) in [6.07, 6.45) is 7.95. The minimum absolute atomic E-state index is 0.143. The molecule has 1 amide bonds. The van der Waals surface area contributed by atoms with E-state index in [1.54, 1.807) is 23.4 Å². The van der Waals surface area contributed by atoms with E-state index in [0.717, 1.165) is 45.2 Å². The Balaban J connectivity index is 1.91. The number of anilines is 1. The van der Waals surface area contributed by atoms with Gasteiger partial charge in [-0.3, -0.25) is 4.79 Å². The van der Waals surface area contributed by atoms with Crippen molar-refractivity contribution in [2.45, 2.75) is 38.1 Å². The molecule has 1 aromatic heterocycles. The van der Waals surface area contributed by atoms with Gasteiger partial charge in [0.25, 0.3) is 0 Å². The third kappa shape index (κ3) is 4.14. The molecule has 6 nitrogen and oxygen atoms in total. The van der Waals surface area contributed by atoms with Gasteiger partial charge in [0.2, 0.25) is 11.9 Å². The van der Waals surface area contributed by atoms with Crippen molar-refractivity contribution in [1.82, 2.24) is 14.9 Å². The number of hydrogen-bond acceptors (Lipinski definition) is 5. The van der Waals surface area contributed by atoms with Crippen LogP contribution in [0.1, 0.15) is 32.1 Å². The monoisotopic (exact) mass is 292 g/mol. The van der Waals surface area contributed by atoms with E-state index in [-0.39, 0.29) is 18.6 Å². The van der Waals surface area contributed by atoms with Crippen molar-refractivity contribution in [3.63, 3.8) is 0 Å². The first-order valence-electron chi connectivity index (χ1n) is 7.63. The molecule has 1 aromatic rings. The number of likely N-dealkylation sites (N-methyl/N-ethyl adjacent to an activating group) is 1. The van der Waals surface area contributed by atoms with Crippen LogP contribution in [0, 0.1) is 0 Å². The van der Waals surface area contributed by atoms with Gasteiger partial charge in [-0.15, -0.1) is 0 Å². The van der Waals surface area contributed by atoms with Crippen molar-refractivity contribution in [3.8, 4) is 0 Å². The van der Waals surface area contributed by atoms with Crippen LogP contribution in [0.2, 0.25) is 0 Å². The molecule has 2 rings (SSSR count). The van der Waals surface area contributed by atoms with Gasteiger partial charge in [-0.1, -0.05) is 0 Å². The van der Waals surface area contributed by atoms with E-state index >= 15 is 0 Å². The van der Waals surface area contributed by atoms with Gasteiger partial charge in [0.1, 0.15) is 6.04 Å². The number of aliphatic hydroxyl groups is 1. The quantitative estimate of drug-likeness (QED) is 0.761. The summed E-state index contributed by atoms with van der Waals surface area (Å²) in [5.74, 6) is 0.783. The van der Waals surface area contributed by atoms with Crippen LogP contribution >= 0.6 is 0 Å². The number of amides is 1. The Morgan fingerprint density at radius 3 is 2.86 bits per heavy atom. The first-order chi connectivity index (χ1) is 10.2. The van der Waals surface area contributed by atoms with Gasteiger partial charge in [-0.05, 0) is 38.2 Å². The first-order valence-corrected chi connectivity index (χ1v) is 7.63. The van der Waals surface area contributed by atoms with Crippen LogP contribution in [-0.4, -0.2) is 58.7 Å². The highest BCUT2D eigenvalue weighted by molar-refractivity contribution is 5.85. The predicted molar refractivity (Wildman–Crippen MR) is 81.0 cm³/mol. The Morgan fingerprint density at radius 2 is 2.14 bits per heavy atom. The van der Waals surface area contributed by atoms with Crippen LogP contribution in [0.5, 0.6) is 0 Å². The van der Waals surface area contributed by atoms with E-state index in [9.17, 15) is 4.79 Å². The summed E-state index contributed by atoms with van der Waals surface area (Å²) in [5, 5.41) is 8.77. The van der Waals surface area contributed by atoms with Gasteiger partial charge in [-0.25, -0.2) is 9.97 Å². The highest BCUT2D eigenvalue weighted by Crippen LogP contribution is 2.23. The second-order valence-electron chi connectivity index (χ2n) is 5.44. The normalized spacial score (nSPS) is 18.0. The number of carbonyl (C=O) groups is 1. The van der Waals surface area contributed by atoms with E-state index in [1.165, 1.54) is 0 Å². The molecule has 1 unspecified atom stereocenters. The number of aliphatic hydroxyl groups excluding tert-OH is 1. The molecule has 116 valence electrons. The van der Waals surface area contributed by atoms with Gasteiger partial charge >= 0.3 is 0 Å². The summed E-state index contributed by atoms with van der Waals surface area (Å²) in [5.41, 5.74) is 0. The topological polar surface area (TPSA) is 69.6 Å². The molecule has 1 atom stereocenters. The molecule has 0 saturated carbocycles. The van der Waals surface area contributed by atoms with Crippen molar-refractivity contribution in [2.24, 2.45) is 0 Å². The van der Waals surface area contributed by atoms with E-state index in [2.05, 4.69) is 9.97 Å². The fourth-order valence-corrected chi connectivity index (χ4v) is 2.70. The Bertz CT molecular complexity index is 441. The van der Waals surface area contributed by atoms with Gasteiger partial charge in [-0.2, -0.15) is 0 Å². The number of nitrogens with zero attached hydrogens (tertiary/aromatic N) is 4. The molecule has 0 spiro atoms. The number of hydrogen-bond donors (Lipinski definition) is 1. The SMILES string of the molecule is CN(CCCCCO)C(=O)C1CCCN1c1ncccn1. The fraction of sp³-hybridized carbons (Fsp3) is 0.667. The van der Waals surface area contributed by atoms with Crippen LogP contribution in [-0.2, 0) is 4.79 Å². The molecule has 1 fully saturated rings. The molecule has 21 heavy (non-hydrogen) atoms. The fourth-order valence-electron chi connectivity index (χ4n) is 2.70. The largest absolute Gasteiger partial charge is 0.396 e. The second-order valence-corrected chi connectivity index (χ2v) is 5.44. The zero-order valence-electron chi connectivity index (χ0n) is 12.6. The molecule has 0 aromatic carbocycles. The molecular formula is C15H24N4O2. The summed E-state index contributed by atoms with van der Waals surface area (Å²) in [4.78, 5) is 24.9. The molecule has 0 radical (unpaired) electrons. The van der Waals surface area contributed by atoms with E-state index < -0.39 is 0 Å². The van der Waals surface area contributed by atoms with Crippen molar-refractivity contribution in [2.75, 3.05) is 31.6 Å². The lowest BCUT2D eigenvalue weighted by Crippen LogP contribution is -2.45. The average Bonchev–Trinajstić information content (AvgIpc) is 3.01. The lowest BCUT2D eigenvalue weighted by Gasteiger charge is -2.27. The maximum Gasteiger partial charge on any atom is 0.245 e. The van der Waals surface area contributed by atoms with Crippen molar-refractivity contribution in [1.29, 1.82) is 0 Å². The second kappa shape index (κ2) is 7.93. The van der Waals surface area contributed by atoms with Gasteiger partial charge in [0.15, 0.2) is 0 Å². The first kappa shape index (κ1) is 15.7. The summed E-state index contributed by atoms with van der Waals surface area (Å²) >= 11 is 0. The van der Waals surface area contributed by atoms with E-state index in [1.807, 2.05) is 11.9 Å². The standard InChI is InChI=1S/C15H24N4O2/c1-18(10-3-2-4-12-20)14(21)13-7-5-11-19(13)15-16-8-6-9-17-15/h6,8-9,13,20H,2-5,7,10-12H2,1H3. The minimum atomic E-state index is -0.143. The number of carbonyl (C=O) groups excluding carboxylic acids is 1. The van der Waals surface area contributed by atoms with Crippen LogP contribution in [0.4, 0.5) is 5.95 Å². The maximum atomic E-state index is 12.6. The third-order valence-electron chi connectivity index (χ3n) is 3.87. The highest BCUT2D eigenvalue weighted by atomic mass is 16.2. The molecule has 1 N–H and O–H groups in total. The van der Waals surface area contributed by atoms with Crippen molar-refractivity contribution >= 4 is 11.9 Å². The predicted octanol–water partition coefficient (Wildman–Crippen LogP) is 1.07. The van der Waals surface area contributed by atoms with Gasteiger partial charge in [0, 0.05) is 39.1 Å². The highest BCUT2D eigenvalue weighted by Gasteiger charge is 2.33. The summed E-state index contributed by atoms with van der Waals surface area (Å²) in [7, 11) is 1.85. The molecule has 1 aliphatic heterocycles. The third-order valence-corrected chi connectivity index (χ3v) is 3.87. The van der Waals surface area contributed by atoms with Crippen LogP contribution in [0.15, 0.2) is 18.5 Å². The Hall–Kier alpha value is -1.69. The van der Waals surface area contributed by atoms with Gasteiger partial charge < -0.3 is 14.9 Å². The zero-order valence-corrected chi connectivity index (χ0v) is 12.6. The minimum Gasteiger partial charge on any atom is -0.396 e. The maximum absolute atomic E-state index is 12.6. The molecule has 2 heterocycles. The summed E-state index contributed by atoms with van der Waals surface area (Å²) in [6, 6.07) is 1.64. The molecular weight excluding hydrogens is 268 g/mol. The lowest BCUT2D eigenvalue weighted by atomic mass is 10.2. The smallest absolute Gasteiger partial charge is 0.245 e. The Morgan fingerprint density at radius 1 is 1.38 bits per heavy atom. The summed E-state index contributed by atoms with van der Waals surface area (Å²) in [6.45, 7) is 1.79. The molecule has 1 saturated heterocycles. The van der Waals surface area contributed by atoms with E-state index in [4.69, 9.17) is 5.11 Å². The molecule has 0 bridgehead atoms. The van der Waals surface area contributed by atoms with Crippen LogP contribution in [0.25, 0.3) is 0 Å². The zero-order chi connectivity index (χ0) is 15.1. The number of rotatable bonds is 7. The molecule has 6 heteroatoms. The number of unbranched alkanes of at least 4 members (excludes halogenated alkanes) is 2. The Labute approximate surface area is 125 Å². The van der Waals surface area contributed by atoms with Crippen LogP contribution in [0.3, 0.4) is 0 Å². The van der Waals surface area contributed by atoms with Crippen LogP contribution < -0.4 is 4.90 Å². The molecule has 0 aliphatic carbocycles.